The molecule has 0 spiro atoms. The lowest BCUT2D eigenvalue weighted by atomic mass is 9.99. The van der Waals surface area contributed by atoms with Crippen molar-refractivity contribution < 1.29 is 15.0 Å². The molecular formula is C10H18N6O4. The fourth-order valence-electron chi connectivity index (χ4n) is 1.46. The number of oxime groups is 1. The molecule has 1 heterocycles. The summed E-state index contributed by atoms with van der Waals surface area (Å²) in [6.45, 7) is 4.04. The van der Waals surface area contributed by atoms with Gasteiger partial charge < -0.3 is 21.1 Å². The molecule has 0 aliphatic heterocycles. The van der Waals surface area contributed by atoms with Gasteiger partial charge in [0, 0.05) is 6.54 Å². The van der Waals surface area contributed by atoms with E-state index in [-0.39, 0.29) is 24.8 Å². The van der Waals surface area contributed by atoms with E-state index in [1.807, 2.05) is 0 Å². The maximum Gasteiger partial charge on any atom is 0.434 e. The summed E-state index contributed by atoms with van der Waals surface area (Å²) in [5.74, 6) is -0.329. The minimum absolute atomic E-state index is 0.00119. The van der Waals surface area contributed by atoms with Crippen LogP contribution in [0.25, 0.3) is 0 Å². The average molecular weight is 286 g/mol. The molecule has 0 bridgehead atoms. The van der Waals surface area contributed by atoms with Gasteiger partial charge in [-0.15, -0.1) is 0 Å². The van der Waals surface area contributed by atoms with Crippen LogP contribution in [0.15, 0.2) is 17.5 Å². The summed E-state index contributed by atoms with van der Waals surface area (Å²) in [6.07, 6.45) is 2.73. The third kappa shape index (κ3) is 3.98. The molecule has 1 aromatic rings. The Bertz CT molecular complexity index is 484. The van der Waals surface area contributed by atoms with Crippen LogP contribution in [0.3, 0.4) is 0 Å². The first kappa shape index (κ1) is 16.0. The van der Waals surface area contributed by atoms with Gasteiger partial charge in [0.05, 0.1) is 12.1 Å². The van der Waals surface area contributed by atoms with Crippen molar-refractivity contribution >= 4 is 11.7 Å². The maximum absolute atomic E-state index is 10.8. The monoisotopic (exact) mass is 286 g/mol. The van der Waals surface area contributed by atoms with E-state index >= 15 is 0 Å². The third-order valence-electron chi connectivity index (χ3n) is 2.57. The highest BCUT2D eigenvalue weighted by Crippen LogP contribution is 2.13. The van der Waals surface area contributed by atoms with Gasteiger partial charge in [-0.25, -0.2) is 4.57 Å². The van der Waals surface area contributed by atoms with E-state index in [1.54, 1.807) is 13.8 Å². The van der Waals surface area contributed by atoms with Crippen molar-refractivity contribution in [3.05, 3.63) is 22.5 Å². The average Bonchev–Trinajstić information content (AvgIpc) is 2.84. The Balaban J connectivity index is 2.81. The number of aromatic nitrogens is 2. The second kappa shape index (κ2) is 6.93. The van der Waals surface area contributed by atoms with Gasteiger partial charge in [0.25, 0.3) is 0 Å². The zero-order valence-corrected chi connectivity index (χ0v) is 11.3. The van der Waals surface area contributed by atoms with Crippen LogP contribution in [-0.4, -0.2) is 44.1 Å². The van der Waals surface area contributed by atoms with Crippen molar-refractivity contribution in [2.45, 2.75) is 25.9 Å². The van der Waals surface area contributed by atoms with Crippen molar-refractivity contribution in [1.29, 1.82) is 0 Å². The lowest BCUT2D eigenvalue weighted by Crippen LogP contribution is -2.48. The third-order valence-corrected chi connectivity index (χ3v) is 2.57. The number of nitrogens with zero attached hydrogens (tertiary/aromatic N) is 4. The van der Waals surface area contributed by atoms with Gasteiger partial charge in [0.1, 0.15) is 24.7 Å². The van der Waals surface area contributed by atoms with Crippen LogP contribution in [0.1, 0.15) is 13.8 Å². The van der Waals surface area contributed by atoms with Gasteiger partial charge in [-0.05, 0) is 18.8 Å². The van der Waals surface area contributed by atoms with E-state index in [9.17, 15) is 10.1 Å². The number of nitrogens with one attached hydrogen (secondary N) is 1. The summed E-state index contributed by atoms with van der Waals surface area (Å²) in [6, 6.07) is 0. The summed E-state index contributed by atoms with van der Waals surface area (Å²) in [5, 5.41) is 23.1. The predicted octanol–water partition coefficient (Wildman–Crippen LogP) is -0.120. The molecule has 10 heteroatoms. The van der Waals surface area contributed by atoms with E-state index in [0.717, 1.165) is 0 Å². The van der Waals surface area contributed by atoms with Gasteiger partial charge in [-0.1, -0.05) is 10.1 Å². The molecule has 1 aromatic heterocycles. The van der Waals surface area contributed by atoms with Crippen molar-refractivity contribution in [2.75, 3.05) is 13.2 Å². The molecule has 0 saturated carbocycles. The Labute approximate surface area is 115 Å². The molecule has 20 heavy (non-hydrogen) atoms. The number of hydrogen-bond donors (Lipinski definition) is 3. The topological polar surface area (TPSA) is 141 Å². The first-order valence-corrected chi connectivity index (χ1v) is 5.88. The fourth-order valence-corrected chi connectivity index (χ4v) is 1.46. The number of nitro groups is 1. The van der Waals surface area contributed by atoms with Crippen molar-refractivity contribution in [3.8, 4) is 0 Å². The van der Waals surface area contributed by atoms with Crippen LogP contribution in [0.4, 0.5) is 5.95 Å². The Morgan fingerprint density at radius 3 is 3.00 bits per heavy atom. The van der Waals surface area contributed by atoms with E-state index < -0.39 is 10.5 Å². The Morgan fingerprint density at radius 2 is 2.45 bits per heavy atom. The molecule has 0 aliphatic rings. The lowest BCUT2D eigenvalue weighted by Gasteiger charge is -2.25. The highest BCUT2D eigenvalue weighted by molar-refractivity contribution is 5.92. The predicted molar refractivity (Wildman–Crippen MR) is 70.3 cm³/mol. The second-order valence-electron chi connectivity index (χ2n) is 4.52. The van der Waals surface area contributed by atoms with Crippen LogP contribution >= 0.6 is 0 Å². The van der Waals surface area contributed by atoms with Crippen LogP contribution in [-0.2, 0) is 11.4 Å². The SMILES string of the molecule is CC(C)(NOCCN)C(Cn1ccnc1[N+](=O)[O-])=NO. The molecule has 0 unspecified atom stereocenters. The molecule has 0 atom stereocenters. The number of imidazole rings is 1. The molecule has 0 fully saturated rings. The fraction of sp³-hybridized carbons (Fsp3) is 0.600. The van der Waals surface area contributed by atoms with Gasteiger partial charge in [-0.3, -0.25) is 4.84 Å². The molecule has 0 amide bonds. The summed E-state index contributed by atoms with van der Waals surface area (Å²) in [4.78, 5) is 18.9. The normalized spacial score (nSPS) is 12.7. The Kier molecular flexibility index (Phi) is 5.55. The minimum atomic E-state index is -0.831. The van der Waals surface area contributed by atoms with Crippen LogP contribution in [0.2, 0.25) is 0 Å². The highest BCUT2D eigenvalue weighted by atomic mass is 16.6. The molecule has 1 rings (SSSR count). The zero-order chi connectivity index (χ0) is 15.2. The second-order valence-corrected chi connectivity index (χ2v) is 4.52. The molecule has 0 saturated heterocycles. The quantitative estimate of drug-likeness (QED) is 0.199. The van der Waals surface area contributed by atoms with Gasteiger partial charge >= 0.3 is 5.95 Å². The summed E-state index contributed by atoms with van der Waals surface area (Å²) >= 11 is 0. The van der Waals surface area contributed by atoms with Gasteiger partial charge in [0.15, 0.2) is 0 Å². The molecule has 4 N–H and O–H groups in total. The first-order valence-electron chi connectivity index (χ1n) is 5.88. The minimum Gasteiger partial charge on any atom is -0.411 e. The van der Waals surface area contributed by atoms with Crippen molar-refractivity contribution in [1.82, 2.24) is 15.0 Å². The highest BCUT2D eigenvalue weighted by Gasteiger charge is 2.29. The molecule has 10 nitrogen and oxygen atoms in total. The van der Waals surface area contributed by atoms with E-state index in [2.05, 4.69) is 15.6 Å². The molecule has 0 radical (unpaired) electrons. The number of hydrogen-bond acceptors (Lipinski definition) is 8. The van der Waals surface area contributed by atoms with Crippen molar-refractivity contribution in [3.63, 3.8) is 0 Å². The molecular weight excluding hydrogens is 268 g/mol. The summed E-state index contributed by atoms with van der Waals surface area (Å²) in [7, 11) is 0. The largest absolute Gasteiger partial charge is 0.434 e. The van der Waals surface area contributed by atoms with E-state index in [4.69, 9.17) is 15.8 Å². The molecule has 0 aromatic carbocycles. The number of nitrogens with two attached hydrogens (primary N) is 1. The van der Waals surface area contributed by atoms with Crippen molar-refractivity contribution in [2.24, 2.45) is 10.9 Å². The van der Waals surface area contributed by atoms with Crippen LogP contribution in [0.5, 0.6) is 0 Å². The Morgan fingerprint density at radius 1 is 1.75 bits per heavy atom. The zero-order valence-electron chi connectivity index (χ0n) is 11.3. The van der Waals surface area contributed by atoms with Gasteiger partial charge in [-0.2, -0.15) is 5.48 Å². The van der Waals surface area contributed by atoms with Crippen LogP contribution < -0.4 is 11.2 Å². The first-order chi connectivity index (χ1) is 9.42. The molecule has 0 aliphatic carbocycles. The smallest absolute Gasteiger partial charge is 0.411 e. The Hall–Kier alpha value is -2.04. The van der Waals surface area contributed by atoms with E-state index in [0.29, 0.717) is 6.54 Å². The maximum atomic E-state index is 10.8. The van der Waals surface area contributed by atoms with Crippen LogP contribution in [0, 0.1) is 10.1 Å². The summed E-state index contributed by atoms with van der Waals surface area (Å²) < 4.78 is 1.27. The number of hydroxylamine groups is 1. The van der Waals surface area contributed by atoms with E-state index in [1.165, 1.54) is 17.0 Å². The number of rotatable bonds is 8. The standard InChI is InChI=1S/C10H18N6O4/c1-10(2,14-20-6-3-11)8(13-17)7-15-5-4-12-9(15)16(18)19/h4-5,14,17H,3,6-7,11H2,1-2H3. The van der Waals surface area contributed by atoms with Gasteiger partial charge in [0.2, 0.25) is 0 Å². The summed E-state index contributed by atoms with van der Waals surface area (Å²) in [5.41, 5.74) is 7.41. The lowest BCUT2D eigenvalue weighted by molar-refractivity contribution is -0.396. The molecule has 112 valence electrons.